The fourth-order valence-electron chi connectivity index (χ4n) is 2.50. The van der Waals surface area contributed by atoms with Crippen molar-refractivity contribution in [1.29, 1.82) is 0 Å². The fourth-order valence-corrected chi connectivity index (χ4v) is 2.94. The zero-order valence-corrected chi connectivity index (χ0v) is 12.3. The Labute approximate surface area is 114 Å². The van der Waals surface area contributed by atoms with Crippen LogP contribution in [0.3, 0.4) is 0 Å². The van der Waals surface area contributed by atoms with Crippen LogP contribution in [-0.2, 0) is 12.3 Å². The van der Waals surface area contributed by atoms with E-state index in [0.29, 0.717) is 6.04 Å². The summed E-state index contributed by atoms with van der Waals surface area (Å²) in [6, 6.07) is 4.86. The first-order chi connectivity index (χ1) is 8.79. The topological polar surface area (TPSA) is 28.4 Å². The van der Waals surface area contributed by atoms with Crippen LogP contribution in [0.5, 0.6) is 0 Å². The lowest BCUT2D eigenvalue weighted by atomic mass is 10.0. The summed E-state index contributed by atoms with van der Waals surface area (Å²) in [5.41, 5.74) is 0. The van der Waals surface area contributed by atoms with Crippen LogP contribution in [0.2, 0.25) is 0 Å². The lowest BCUT2D eigenvalue weighted by Gasteiger charge is -2.32. The molecule has 0 radical (unpaired) electrons. The van der Waals surface area contributed by atoms with Gasteiger partial charge in [0.05, 0.1) is 12.3 Å². The molecule has 1 aliphatic rings. The van der Waals surface area contributed by atoms with Gasteiger partial charge < -0.3 is 14.6 Å². The van der Waals surface area contributed by atoms with Crippen molar-refractivity contribution in [1.82, 2.24) is 10.2 Å². The Morgan fingerprint density at radius 2 is 2.22 bits per heavy atom. The van der Waals surface area contributed by atoms with Crippen LogP contribution in [0, 0.1) is 0 Å². The molecule has 4 heteroatoms. The second-order valence-corrected chi connectivity index (χ2v) is 5.93. The molecule has 3 nitrogen and oxygen atoms in total. The van der Waals surface area contributed by atoms with Crippen LogP contribution in [0.1, 0.15) is 30.8 Å². The highest BCUT2D eigenvalue weighted by atomic mass is 32.2. The highest BCUT2D eigenvalue weighted by Gasteiger charge is 2.18. The molecule has 1 unspecified atom stereocenters. The second-order valence-electron chi connectivity index (χ2n) is 5.06. The molecule has 1 atom stereocenters. The number of piperidine rings is 1. The normalized spacial score (nSPS) is 21.3. The van der Waals surface area contributed by atoms with Crippen molar-refractivity contribution in [3.8, 4) is 0 Å². The highest BCUT2D eigenvalue weighted by Crippen LogP contribution is 2.15. The van der Waals surface area contributed by atoms with E-state index in [1.807, 2.05) is 0 Å². The molecule has 1 N–H and O–H groups in total. The summed E-state index contributed by atoms with van der Waals surface area (Å²) >= 11 is 1.79. The van der Waals surface area contributed by atoms with Crippen LogP contribution in [-0.4, -0.2) is 37.3 Å². The quantitative estimate of drug-likeness (QED) is 0.859. The average molecular weight is 268 g/mol. The number of hydrogen-bond acceptors (Lipinski definition) is 4. The zero-order chi connectivity index (χ0) is 12.8. The molecule has 1 fully saturated rings. The molecular formula is C14H24N2OS. The lowest BCUT2D eigenvalue weighted by molar-refractivity contribution is 0.180. The SMILES string of the molecule is CSCc1ccc(CNCC2CCCCN2C)o1. The molecule has 0 bridgehead atoms. The molecule has 1 saturated heterocycles. The van der Waals surface area contributed by atoms with Crippen molar-refractivity contribution < 1.29 is 4.42 Å². The maximum atomic E-state index is 5.74. The summed E-state index contributed by atoms with van der Waals surface area (Å²) in [4.78, 5) is 2.47. The summed E-state index contributed by atoms with van der Waals surface area (Å²) < 4.78 is 5.74. The molecule has 0 amide bonds. The van der Waals surface area contributed by atoms with Crippen molar-refractivity contribution in [3.63, 3.8) is 0 Å². The van der Waals surface area contributed by atoms with Gasteiger partial charge in [-0.2, -0.15) is 11.8 Å². The summed E-state index contributed by atoms with van der Waals surface area (Å²) in [7, 11) is 2.23. The van der Waals surface area contributed by atoms with E-state index in [1.165, 1.54) is 25.8 Å². The first-order valence-corrected chi connectivity index (χ1v) is 8.16. The predicted octanol–water partition coefficient (Wildman–Crippen LogP) is 2.72. The Hall–Kier alpha value is -0.450. The van der Waals surface area contributed by atoms with E-state index < -0.39 is 0 Å². The fraction of sp³-hybridized carbons (Fsp3) is 0.714. The van der Waals surface area contributed by atoms with Crippen LogP contribution < -0.4 is 5.32 Å². The van der Waals surface area contributed by atoms with Crippen molar-refractivity contribution in [2.45, 2.75) is 37.6 Å². The van der Waals surface area contributed by atoms with Crippen molar-refractivity contribution in [2.75, 3.05) is 26.4 Å². The van der Waals surface area contributed by atoms with Gasteiger partial charge in [0.2, 0.25) is 0 Å². The van der Waals surface area contributed by atoms with E-state index in [2.05, 4.69) is 35.7 Å². The Bertz CT molecular complexity index is 353. The van der Waals surface area contributed by atoms with E-state index >= 15 is 0 Å². The van der Waals surface area contributed by atoms with Gasteiger partial charge in [-0.15, -0.1) is 0 Å². The number of rotatable bonds is 6. The standard InChI is InChI=1S/C14H24N2OS/c1-16-8-4-3-5-12(16)9-15-10-13-6-7-14(17-13)11-18-2/h6-7,12,15H,3-5,8-11H2,1-2H3. The summed E-state index contributed by atoms with van der Waals surface area (Å²) in [6.07, 6.45) is 6.14. The molecule has 0 aromatic carbocycles. The molecule has 1 aromatic heterocycles. The summed E-state index contributed by atoms with van der Waals surface area (Å²) in [6.45, 7) is 3.15. The number of likely N-dealkylation sites (N-methyl/N-ethyl adjacent to an activating group) is 1. The van der Waals surface area contributed by atoms with Crippen LogP contribution in [0.25, 0.3) is 0 Å². The van der Waals surface area contributed by atoms with Gasteiger partial charge in [-0.25, -0.2) is 0 Å². The molecule has 2 heterocycles. The maximum absolute atomic E-state index is 5.74. The van der Waals surface area contributed by atoms with Gasteiger partial charge >= 0.3 is 0 Å². The summed E-state index contributed by atoms with van der Waals surface area (Å²) in [5.74, 6) is 3.09. The third-order valence-corrected chi connectivity index (χ3v) is 4.18. The van der Waals surface area contributed by atoms with Gasteiger partial charge in [0.1, 0.15) is 11.5 Å². The molecule has 0 spiro atoms. The van der Waals surface area contributed by atoms with E-state index in [-0.39, 0.29) is 0 Å². The van der Waals surface area contributed by atoms with Crippen LogP contribution in [0.15, 0.2) is 16.5 Å². The molecule has 0 saturated carbocycles. The van der Waals surface area contributed by atoms with Gasteiger partial charge in [-0.05, 0) is 44.8 Å². The molecule has 102 valence electrons. The number of furan rings is 1. The first kappa shape index (κ1) is 14.0. The van der Waals surface area contributed by atoms with Crippen molar-refractivity contribution in [2.24, 2.45) is 0 Å². The van der Waals surface area contributed by atoms with E-state index in [0.717, 1.165) is 30.4 Å². The third kappa shape index (κ3) is 4.04. The Kier molecular flexibility index (Phi) is 5.60. The lowest BCUT2D eigenvalue weighted by Crippen LogP contribution is -2.42. The monoisotopic (exact) mass is 268 g/mol. The molecule has 18 heavy (non-hydrogen) atoms. The van der Waals surface area contributed by atoms with Crippen molar-refractivity contribution in [3.05, 3.63) is 23.7 Å². The number of hydrogen-bond donors (Lipinski definition) is 1. The molecule has 1 aromatic rings. The molecule has 2 rings (SSSR count). The zero-order valence-electron chi connectivity index (χ0n) is 11.4. The molecule has 0 aliphatic carbocycles. The number of nitrogens with zero attached hydrogens (tertiary/aromatic N) is 1. The van der Waals surface area contributed by atoms with Crippen LogP contribution in [0.4, 0.5) is 0 Å². The minimum Gasteiger partial charge on any atom is -0.464 e. The third-order valence-electron chi connectivity index (χ3n) is 3.60. The van der Waals surface area contributed by atoms with Crippen molar-refractivity contribution >= 4 is 11.8 Å². The van der Waals surface area contributed by atoms with Gasteiger partial charge in [0, 0.05) is 12.6 Å². The number of thioether (sulfide) groups is 1. The van der Waals surface area contributed by atoms with E-state index in [9.17, 15) is 0 Å². The van der Waals surface area contributed by atoms with Crippen LogP contribution >= 0.6 is 11.8 Å². The Balaban J connectivity index is 1.70. The van der Waals surface area contributed by atoms with Gasteiger partial charge in [-0.3, -0.25) is 0 Å². The summed E-state index contributed by atoms with van der Waals surface area (Å²) in [5, 5.41) is 3.52. The molecule has 1 aliphatic heterocycles. The highest BCUT2D eigenvalue weighted by molar-refractivity contribution is 7.97. The maximum Gasteiger partial charge on any atom is 0.118 e. The van der Waals surface area contributed by atoms with Gasteiger partial charge in [-0.1, -0.05) is 6.42 Å². The second kappa shape index (κ2) is 7.22. The smallest absolute Gasteiger partial charge is 0.118 e. The average Bonchev–Trinajstić information content (AvgIpc) is 2.80. The number of likely N-dealkylation sites (tertiary alicyclic amines) is 1. The Morgan fingerprint density at radius 3 is 3.00 bits per heavy atom. The minimum atomic E-state index is 0.694. The largest absolute Gasteiger partial charge is 0.464 e. The van der Waals surface area contributed by atoms with Gasteiger partial charge in [0.15, 0.2) is 0 Å². The van der Waals surface area contributed by atoms with E-state index in [1.54, 1.807) is 11.8 Å². The number of nitrogens with one attached hydrogen (secondary N) is 1. The molecular weight excluding hydrogens is 244 g/mol. The first-order valence-electron chi connectivity index (χ1n) is 6.77. The minimum absolute atomic E-state index is 0.694. The predicted molar refractivity (Wildman–Crippen MR) is 77.9 cm³/mol. The van der Waals surface area contributed by atoms with Gasteiger partial charge in [0.25, 0.3) is 0 Å². The Morgan fingerprint density at radius 1 is 1.39 bits per heavy atom. The van der Waals surface area contributed by atoms with E-state index in [4.69, 9.17) is 4.42 Å².